The van der Waals surface area contributed by atoms with Gasteiger partial charge in [-0.3, -0.25) is 23.7 Å². The molecule has 1 aliphatic carbocycles. The minimum absolute atomic E-state index is 0.0150. The molecule has 2 aliphatic rings. The van der Waals surface area contributed by atoms with Crippen molar-refractivity contribution in [3.63, 3.8) is 0 Å². The number of likely N-dealkylation sites (tertiary alicyclic amines) is 1. The van der Waals surface area contributed by atoms with E-state index in [1.54, 1.807) is 34.9 Å². The Kier molecular flexibility index (Phi) is 4.85. The minimum Gasteiger partial charge on any atom is -0.347 e. The number of carbonyl (C=O) groups excluding carboxylic acids is 3. The third-order valence-corrected chi connectivity index (χ3v) is 5.64. The Morgan fingerprint density at radius 3 is 2.62 bits per heavy atom. The van der Waals surface area contributed by atoms with E-state index in [2.05, 4.69) is 20.8 Å². The van der Waals surface area contributed by atoms with Gasteiger partial charge in [0.2, 0.25) is 17.7 Å². The van der Waals surface area contributed by atoms with E-state index in [9.17, 15) is 14.4 Å². The molecule has 154 valence electrons. The van der Waals surface area contributed by atoms with Crippen LogP contribution in [-0.4, -0.2) is 54.8 Å². The molecular formula is C19H25N7O3. The second-order valence-electron chi connectivity index (χ2n) is 7.74. The molecule has 3 amide bonds. The van der Waals surface area contributed by atoms with E-state index < -0.39 is 5.92 Å². The number of aryl methyl sites for hydroxylation is 2. The van der Waals surface area contributed by atoms with Crippen LogP contribution in [0.2, 0.25) is 0 Å². The summed E-state index contributed by atoms with van der Waals surface area (Å²) >= 11 is 0. The van der Waals surface area contributed by atoms with Gasteiger partial charge < -0.3 is 15.5 Å². The lowest BCUT2D eigenvalue weighted by Gasteiger charge is -2.28. The summed E-state index contributed by atoms with van der Waals surface area (Å²) in [6.45, 7) is 1.76. The van der Waals surface area contributed by atoms with Crippen molar-refractivity contribution in [2.24, 2.45) is 20.0 Å². The van der Waals surface area contributed by atoms with Crippen molar-refractivity contribution in [2.75, 3.05) is 11.9 Å². The minimum atomic E-state index is -0.548. The number of nitrogens with zero attached hydrogens (tertiary/aromatic N) is 5. The number of rotatable bonds is 6. The van der Waals surface area contributed by atoms with Gasteiger partial charge >= 0.3 is 0 Å². The van der Waals surface area contributed by atoms with E-state index in [1.807, 2.05) is 18.9 Å². The lowest BCUT2D eigenvalue weighted by molar-refractivity contribution is -0.129. The maximum absolute atomic E-state index is 12.9. The highest BCUT2D eigenvalue weighted by molar-refractivity contribution is 5.96. The molecule has 0 unspecified atom stereocenters. The summed E-state index contributed by atoms with van der Waals surface area (Å²) in [5.74, 6) is -0.806. The third kappa shape index (κ3) is 3.74. The molecule has 3 heterocycles. The largest absolute Gasteiger partial charge is 0.347 e. The van der Waals surface area contributed by atoms with Crippen molar-refractivity contribution in [1.82, 2.24) is 29.8 Å². The maximum atomic E-state index is 12.9. The monoisotopic (exact) mass is 399 g/mol. The zero-order valence-electron chi connectivity index (χ0n) is 16.8. The summed E-state index contributed by atoms with van der Waals surface area (Å²) in [6, 6.07) is 1.52. The van der Waals surface area contributed by atoms with Crippen LogP contribution in [0.3, 0.4) is 0 Å². The number of carbonyl (C=O) groups is 3. The molecule has 0 bridgehead atoms. The highest BCUT2D eigenvalue weighted by atomic mass is 16.2. The maximum Gasteiger partial charge on any atom is 0.244 e. The number of anilines is 1. The quantitative estimate of drug-likeness (QED) is 0.724. The van der Waals surface area contributed by atoms with E-state index in [0.717, 1.165) is 24.1 Å². The molecule has 10 heteroatoms. The van der Waals surface area contributed by atoms with Crippen molar-refractivity contribution in [3.8, 4) is 0 Å². The summed E-state index contributed by atoms with van der Waals surface area (Å²) in [5.41, 5.74) is 1.82. The summed E-state index contributed by atoms with van der Waals surface area (Å²) in [7, 11) is 3.59. The fourth-order valence-electron chi connectivity index (χ4n) is 3.91. The number of nitrogens with one attached hydrogen (secondary N) is 2. The van der Waals surface area contributed by atoms with Crippen LogP contribution < -0.4 is 10.6 Å². The second-order valence-corrected chi connectivity index (χ2v) is 7.74. The Balaban J connectivity index is 1.46. The lowest BCUT2D eigenvalue weighted by Crippen LogP contribution is -2.39. The SMILES string of the molecule is Cc1c([C@@H]2[C@@H](C(=O)NCC(=O)Nc3ccn(C)n3)CC(=O)N2C2CC2)cnn1C. The summed E-state index contributed by atoms with van der Waals surface area (Å²) in [4.78, 5) is 39.6. The normalized spacial score (nSPS) is 21.5. The van der Waals surface area contributed by atoms with Crippen LogP contribution in [0.1, 0.15) is 36.6 Å². The molecule has 0 spiro atoms. The predicted octanol–water partition coefficient (Wildman–Crippen LogP) is 0.269. The Labute approximate surface area is 168 Å². The van der Waals surface area contributed by atoms with E-state index in [4.69, 9.17) is 0 Å². The molecule has 1 saturated carbocycles. The van der Waals surface area contributed by atoms with Gasteiger partial charge in [0.25, 0.3) is 0 Å². The molecule has 2 atom stereocenters. The van der Waals surface area contributed by atoms with E-state index in [0.29, 0.717) is 5.82 Å². The third-order valence-electron chi connectivity index (χ3n) is 5.64. The first-order valence-corrected chi connectivity index (χ1v) is 9.72. The molecule has 29 heavy (non-hydrogen) atoms. The Bertz CT molecular complexity index is 959. The van der Waals surface area contributed by atoms with Crippen molar-refractivity contribution in [3.05, 3.63) is 29.7 Å². The second kappa shape index (κ2) is 7.34. The van der Waals surface area contributed by atoms with Crippen LogP contribution >= 0.6 is 0 Å². The van der Waals surface area contributed by atoms with Gasteiger partial charge in [0.15, 0.2) is 5.82 Å². The fourth-order valence-corrected chi connectivity index (χ4v) is 3.91. The molecule has 2 N–H and O–H groups in total. The predicted molar refractivity (Wildman–Crippen MR) is 104 cm³/mol. The highest BCUT2D eigenvalue weighted by Gasteiger charge is 2.50. The molecule has 1 aliphatic heterocycles. The van der Waals surface area contributed by atoms with Crippen molar-refractivity contribution in [2.45, 2.75) is 38.3 Å². The average molecular weight is 399 g/mol. The van der Waals surface area contributed by atoms with Gasteiger partial charge in [0, 0.05) is 50.1 Å². The van der Waals surface area contributed by atoms with Gasteiger partial charge in [-0.25, -0.2) is 0 Å². The molecule has 10 nitrogen and oxygen atoms in total. The highest BCUT2D eigenvalue weighted by Crippen LogP contribution is 2.45. The first kappa shape index (κ1) is 19.2. The average Bonchev–Trinajstić information content (AvgIpc) is 3.23. The van der Waals surface area contributed by atoms with Crippen molar-refractivity contribution >= 4 is 23.5 Å². The smallest absolute Gasteiger partial charge is 0.244 e. The van der Waals surface area contributed by atoms with Crippen molar-refractivity contribution < 1.29 is 14.4 Å². The van der Waals surface area contributed by atoms with Crippen LogP contribution in [0.5, 0.6) is 0 Å². The van der Waals surface area contributed by atoms with Crippen LogP contribution in [0.4, 0.5) is 5.82 Å². The van der Waals surface area contributed by atoms with Gasteiger partial charge in [0.05, 0.1) is 24.7 Å². The van der Waals surface area contributed by atoms with E-state index in [1.165, 1.54) is 0 Å². The number of hydrogen-bond acceptors (Lipinski definition) is 5. The standard InChI is InChI=1S/C19H25N7O3/c1-11-14(9-21-25(11)3)18-13(8-17(28)26(18)12-4-5-12)19(29)20-10-16(27)22-15-6-7-24(2)23-15/h6-7,9,12-13,18H,4-5,8,10H2,1-3H3,(H,20,29)(H,22,23,27)/t13-,18-/m0/s1. The van der Waals surface area contributed by atoms with E-state index >= 15 is 0 Å². The zero-order chi connectivity index (χ0) is 20.7. The Morgan fingerprint density at radius 1 is 1.28 bits per heavy atom. The molecule has 0 radical (unpaired) electrons. The Morgan fingerprint density at radius 2 is 2.03 bits per heavy atom. The topological polar surface area (TPSA) is 114 Å². The van der Waals surface area contributed by atoms with Gasteiger partial charge in [-0.15, -0.1) is 0 Å². The molecule has 2 aromatic heterocycles. The van der Waals surface area contributed by atoms with Crippen LogP contribution in [0.25, 0.3) is 0 Å². The Hall–Kier alpha value is -3.17. The van der Waals surface area contributed by atoms with Crippen LogP contribution in [0.15, 0.2) is 18.5 Å². The van der Waals surface area contributed by atoms with Crippen LogP contribution in [0, 0.1) is 12.8 Å². The zero-order valence-corrected chi connectivity index (χ0v) is 16.8. The van der Waals surface area contributed by atoms with Gasteiger partial charge in [-0.05, 0) is 19.8 Å². The number of hydrogen-bond donors (Lipinski definition) is 2. The van der Waals surface area contributed by atoms with Gasteiger partial charge in [-0.1, -0.05) is 0 Å². The molecule has 2 fully saturated rings. The summed E-state index contributed by atoms with van der Waals surface area (Å²) in [6.07, 6.45) is 5.52. The first-order valence-electron chi connectivity index (χ1n) is 9.72. The fraction of sp³-hybridized carbons (Fsp3) is 0.526. The molecule has 4 rings (SSSR count). The van der Waals surface area contributed by atoms with Gasteiger partial charge in [0.1, 0.15) is 0 Å². The van der Waals surface area contributed by atoms with Gasteiger partial charge in [-0.2, -0.15) is 10.2 Å². The molecule has 2 aromatic rings. The number of aromatic nitrogens is 4. The summed E-state index contributed by atoms with van der Waals surface area (Å²) in [5, 5.41) is 13.7. The molecule has 0 aromatic carbocycles. The molecular weight excluding hydrogens is 374 g/mol. The lowest BCUT2D eigenvalue weighted by atomic mass is 9.93. The molecule has 1 saturated heterocycles. The summed E-state index contributed by atoms with van der Waals surface area (Å²) < 4.78 is 3.32. The van der Waals surface area contributed by atoms with Crippen molar-refractivity contribution in [1.29, 1.82) is 0 Å². The van der Waals surface area contributed by atoms with E-state index in [-0.39, 0.29) is 42.8 Å². The van der Waals surface area contributed by atoms with Crippen LogP contribution in [-0.2, 0) is 28.5 Å². The first-order chi connectivity index (χ1) is 13.8. The number of amides is 3.